The maximum atomic E-state index is 13.1. The topological polar surface area (TPSA) is 168 Å². The maximum Gasteiger partial charge on any atom is 0.351 e. The summed E-state index contributed by atoms with van der Waals surface area (Å²) in [7, 11) is 3.16. The molecule has 4 aromatic rings. The average molecular weight is 773 g/mol. The van der Waals surface area contributed by atoms with Crippen molar-refractivity contribution in [2.45, 2.75) is 71.0 Å². The van der Waals surface area contributed by atoms with Gasteiger partial charge < -0.3 is 39.0 Å². The zero-order chi connectivity index (χ0) is 40.7. The Morgan fingerprint density at radius 3 is 1.88 bits per heavy atom. The molecule has 1 saturated heterocycles. The highest BCUT2D eigenvalue weighted by Crippen LogP contribution is 2.45. The van der Waals surface area contributed by atoms with Crippen molar-refractivity contribution >= 4 is 23.7 Å². The van der Waals surface area contributed by atoms with Gasteiger partial charge in [-0.15, -0.1) is 0 Å². The molecule has 2 N–H and O–H groups in total. The van der Waals surface area contributed by atoms with Crippen LogP contribution in [0, 0.1) is 0 Å². The van der Waals surface area contributed by atoms with Crippen molar-refractivity contribution in [2.24, 2.45) is 0 Å². The number of methoxy groups -OCH3 is 2. The van der Waals surface area contributed by atoms with Gasteiger partial charge in [-0.25, -0.2) is 4.79 Å². The average Bonchev–Trinajstić information content (AvgIpc) is 3.61. The van der Waals surface area contributed by atoms with E-state index in [1.807, 2.05) is 78.9 Å². The van der Waals surface area contributed by atoms with Gasteiger partial charge in [0.15, 0.2) is 0 Å². The van der Waals surface area contributed by atoms with Gasteiger partial charge in [0, 0.05) is 19.5 Å². The van der Waals surface area contributed by atoms with Gasteiger partial charge >= 0.3 is 17.6 Å². The van der Waals surface area contributed by atoms with Gasteiger partial charge in [-0.05, 0) is 66.7 Å². The molecule has 0 aliphatic carbocycles. The third-order valence-corrected chi connectivity index (χ3v) is 9.42. The van der Waals surface area contributed by atoms with E-state index in [1.54, 1.807) is 14.2 Å². The van der Waals surface area contributed by atoms with E-state index in [9.17, 15) is 19.2 Å². The smallest absolute Gasteiger partial charge is 0.351 e. The molecule has 0 bridgehead atoms. The van der Waals surface area contributed by atoms with Gasteiger partial charge in [-0.3, -0.25) is 19.0 Å². The van der Waals surface area contributed by atoms with Crippen molar-refractivity contribution in [3.05, 3.63) is 118 Å². The Morgan fingerprint density at radius 2 is 1.41 bits per heavy atom. The summed E-state index contributed by atoms with van der Waals surface area (Å²) in [6.07, 6.45) is -1.68. The Kier molecular flexibility index (Phi) is 16.1. The Labute approximate surface area is 327 Å². The number of carbonyl (C=O) groups excluding carboxylic acids is 2. The molecule has 0 saturated carbocycles. The monoisotopic (exact) mass is 772 g/mol. The minimum atomic E-state index is -1.26. The minimum absolute atomic E-state index is 0.0885. The van der Waals surface area contributed by atoms with Crippen LogP contribution in [0.1, 0.15) is 69.9 Å². The predicted octanol–water partition coefficient (Wildman–Crippen LogP) is 5.64. The van der Waals surface area contributed by atoms with E-state index < -0.39 is 41.7 Å². The molecule has 3 aromatic carbocycles. The van der Waals surface area contributed by atoms with Gasteiger partial charge in [0.25, 0.3) is 0 Å². The number of ether oxygens (including phenoxy) is 5. The van der Waals surface area contributed by atoms with Gasteiger partial charge in [0.2, 0.25) is 5.91 Å². The SMILES string of the molecule is CCN(CC)CC.COc1ccc(C(O[C@H]2C[C@H](n3ccc(NC(C)=O)nc3=O)O[C@@H]2COC(=O)CCC(=O)O)(c2ccccc2)c2ccc(OC)cc2)cc1. The van der Waals surface area contributed by atoms with E-state index in [0.29, 0.717) is 11.5 Å². The standard InChI is InChI=1S/C36H37N3O10.C6H15N/c1-23(40)37-31-19-20-39(35(44)38-31)32-21-29(30(48-32)22-47-34(43)18-17-33(41)42)49-36(24-7-5-4-6-8-24,25-9-13-27(45-2)14-10-25)26-11-15-28(46-3)16-12-26;1-4-7(5-2)6-3/h4-16,19-20,29-30,32H,17-18,21-22H2,1-3H3,(H,41,42)(H,37,38,40,44);4-6H2,1-3H3/t29-,30+,32+;/m0./s1. The molecule has 300 valence electrons. The molecule has 0 unspecified atom stereocenters. The summed E-state index contributed by atoms with van der Waals surface area (Å²) in [6.45, 7) is 11.2. The molecule has 1 fully saturated rings. The molecule has 0 radical (unpaired) electrons. The molecule has 2 heterocycles. The summed E-state index contributed by atoms with van der Waals surface area (Å²) >= 11 is 0. The largest absolute Gasteiger partial charge is 0.497 e. The molecular weight excluding hydrogens is 720 g/mol. The van der Waals surface area contributed by atoms with Crippen LogP contribution in [0.5, 0.6) is 11.5 Å². The number of aliphatic carboxylic acids is 1. The quantitative estimate of drug-likeness (QED) is 0.100. The number of rotatable bonds is 17. The lowest BCUT2D eigenvalue weighted by Crippen LogP contribution is -2.41. The van der Waals surface area contributed by atoms with Gasteiger partial charge in [-0.1, -0.05) is 75.4 Å². The van der Waals surface area contributed by atoms with Gasteiger partial charge in [-0.2, -0.15) is 4.98 Å². The Bertz CT molecular complexity index is 1860. The number of carboxylic acids is 1. The molecule has 14 heteroatoms. The van der Waals surface area contributed by atoms with Crippen LogP contribution < -0.4 is 20.5 Å². The third-order valence-electron chi connectivity index (χ3n) is 9.42. The highest BCUT2D eigenvalue weighted by molar-refractivity contribution is 5.87. The number of esters is 1. The molecule has 56 heavy (non-hydrogen) atoms. The van der Waals surface area contributed by atoms with E-state index >= 15 is 0 Å². The predicted molar refractivity (Wildman–Crippen MR) is 210 cm³/mol. The van der Waals surface area contributed by atoms with Crippen LogP contribution in [0.2, 0.25) is 0 Å². The Hall–Kier alpha value is -5.57. The lowest BCUT2D eigenvalue weighted by Gasteiger charge is -2.39. The summed E-state index contributed by atoms with van der Waals surface area (Å²) < 4.78 is 31.2. The first-order valence-electron chi connectivity index (χ1n) is 18.6. The summed E-state index contributed by atoms with van der Waals surface area (Å²) in [6, 6.07) is 26.0. The van der Waals surface area contributed by atoms with Crippen molar-refractivity contribution in [3.63, 3.8) is 0 Å². The maximum absolute atomic E-state index is 13.1. The molecule has 0 spiro atoms. The number of hydrogen-bond donors (Lipinski definition) is 2. The summed E-state index contributed by atoms with van der Waals surface area (Å²) in [5.74, 6) is -0.848. The van der Waals surface area contributed by atoms with E-state index in [0.717, 1.165) is 16.7 Å². The highest BCUT2D eigenvalue weighted by atomic mass is 16.6. The van der Waals surface area contributed by atoms with E-state index in [-0.39, 0.29) is 37.6 Å². The molecule has 14 nitrogen and oxygen atoms in total. The minimum Gasteiger partial charge on any atom is -0.497 e. The van der Waals surface area contributed by atoms with E-state index in [2.05, 4.69) is 36.0 Å². The van der Waals surface area contributed by atoms with Gasteiger partial charge in [0.05, 0.1) is 33.2 Å². The van der Waals surface area contributed by atoms with Crippen LogP contribution in [0.15, 0.2) is 95.9 Å². The summed E-state index contributed by atoms with van der Waals surface area (Å²) in [4.78, 5) is 54.5. The zero-order valence-electron chi connectivity index (χ0n) is 32.8. The number of aromatic nitrogens is 2. The Balaban J connectivity index is 0.000000908. The number of benzene rings is 3. The Morgan fingerprint density at radius 1 is 0.857 bits per heavy atom. The number of carboxylic acid groups (broad SMARTS) is 1. The fraction of sp³-hybridized carbons (Fsp3) is 0.405. The molecule has 3 atom stereocenters. The fourth-order valence-corrected chi connectivity index (χ4v) is 6.41. The number of carbonyl (C=O) groups is 3. The second kappa shape index (κ2) is 20.9. The second-order valence-corrected chi connectivity index (χ2v) is 12.9. The van der Waals surface area contributed by atoms with Crippen LogP contribution in [0.4, 0.5) is 5.82 Å². The first-order valence-corrected chi connectivity index (χ1v) is 18.6. The van der Waals surface area contributed by atoms with E-state index in [1.165, 1.54) is 43.4 Å². The van der Waals surface area contributed by atoms with E-state index in [4.69, 9.17) is 28.8 Å². The van der Waals surface area contributed by atoms with Crippen molar-refractivity contribution in [1.82, 2.24) is 14.5 Å². The molecule has 1 amide bonds. The molecular formula is C42H52N4O10. The van der Waals surface area contributed by atoms with Crippen molar-refractivity contribution in [1.29, 1.82) is 0 Å². The molecule has 1 aliphatic heterocycles. The van der Waals surface area contributed by atoms with Crippen LogP contribution in [-0.4, -0.2) is 90.1 Å². The van der Waals surface area contributed by atoms with Crippen molar-refractivity contribution in [3.8, 4) is 11.5 Å². The number of amides is 1. The molecule has 1 aromatic heterocycles. The summed E-state index contributed by atoms with van der Waals surface area (Å²) in [5, 5.41) is 11.5. The number of nitrogens with zero attached hydrogens (tertiary/aromatic N) is 3. The summed E-state index contributed by atoms with van der Waals surface area (Å²) in [5.41, 5.74) is 0.359. The second-order valence-electron chi connectivity index (χ2n) is 12.9. The number of hydrogen-bond acceptors (Lipinski definition) is 11. The van der Waals surface area contributed by atoms with Crippen LogP contribution >= 0.6 is 0 Å². The zero-order valence-corrected chi connectivity index (χ0v) is 32.8. The van der Waals surface area contributed by atoms with Crippen LogP contribution in [0.25, 0.3) is 0 Å². The van der Waals surface area contributed by atoms with Crippen LogP contribution in [-0.2, 0) is 34.2 Å². The molecule has 1 aliphatic rings. The first kappa shape index (κ1) is 43.2. The molecule has 5 rings (SSSR count). The number of nitrogens with one attached hydrogen (secondary N) is 1. The lowest BCUT2D eigenvalue weighted by atomic mass is 9.79. The lowest BCUT2D eigenvalue weighted by molar-refractivity contribution is -0.155. The normalized spacial score (nSPS) is 16.4. The first-order chi connectivity index (χ1) is 27.0. The highest BCUT2D eigenvalue weighted by Gasteiger charge is 2.46. The van der Waals surface area contributed by atoms with Crippen LogP contribution in [0.3, 0.4) is 0 Å². The van der Waals surface area contributed by atoms with Gasteiger partial charge in [0.1, 0.15) is 41.9 Å². The fourth-order valence-electron chi connectivity index (χ4n) is 6.41. The van der Waals surface area contributed by atoms with Crippen molar-refractivity contribution < 1.29 is 43.2 Å². The third kappa shape index (κ3) is 11.2. The number of anilines is 1. The van der Waals surface area contributed by atoms with Crippen molar-refractivity contribution in [2.75, 3.05) is 45.8 Å².